The quantitative estimate of drug-likeness (QED) is 0.193. The van der Waals surface area contributed by atoms with Crippen molar-refractivity contribution >= 4 is 29.1 Å². The average Bonchev–Trinajstić information content (AvgIpc) is 3.58. The first-order valence-corrected chi connectivity index (χ1v) is 11.0. The highest BCUT2D eigenvalue weighted by Crippen LogP contribution is 2.30. The molecular formula is C24H27N7O3. The van der Waals surface area contributed by atoms with Gasteiger partial charge in [0, 0.05) is 36.5 Å². The summed E-state index contributed by atoms with van der Waals surface area (Å²) < 4.78 is 7.49. The first-order valence-electron chi connectivity index (χ1n) is 11.0. The number of aromatic nitrogens is 3. The SMILES string of the molecule is C=C(C(=O)Nc1cccc(Oc2ccc3nc(NC(=O)C4CC4)nn3c2)c1)/C(=C\N(C)N)CC. The highest BCUT2D eigenvalue weighted by molar-refractivity contribution is 6.06. The van der Waals surface area contributed by atoms with E-state index in [4.69, 9.17) is 10.6 Å². The zero-order valence-electron chi connectivity index (χ0n) is 19.1. The molecule has 0 radical (unpaired) electrons. The van der Waals surface area contributed by atoms with Gasteiger partial charge in [0.1, 0.15) is 11.5 Å². The third-order valence-corrected chi connectivity index (χ3v) is 5.22. The predicted molar refractivity (Wildman–Crippen MR) is 129 cm³/mol. The average molecular weight is 462 g/mol. The lowest BCUT2D eigenvalue weighted by Gasteiger charge is -2.13. The molecule has 0 bridgehead atoms. The second kappa shape index (κ2) is 9.75. The highest BCUT2D eigenvalue weighted by Gasteiger charge is 2.30. The summed E-state index contributed by atoms with van der Waals surface area (Å²) in [6.45, 7) is 5.82. The van der Waals surface area contributed by atoms with Gasteiger partial charge in [-0.3, -0.25) is 14.9 Å². The molecule has 2 aromatic heterocycles. The Hall–Kier alpha value is -4.18. The summed E-state index contributed by atoms with van der Waals surface area (Å²) in [5, 5.41) is 11.3. The maximum absolute atomic E-state index is 12.6. The molecule has 1 aliphatic carbocycles. The number of hydrazine groups is 1. The number of nitrogens with zero attached hydrogens (tertiary/aromatic N) is 4. The lowest BCUT2D eigenvalue weighted by Crippen LogP contribution is -2.21. The minimum absolute atomic E-state index is 0.0504. The number of fused-ring (bicyclic) bond motifs is 1. The van der Waals surface area contributed by atoms with Gasteiger partial charge in [-0.05, 0) is 49.1 Å². The number of ether oxygens (including phenoxy) is 1. The van der Waals surface area contributed by atoms with Crippen molar-refractivity contribution in [3.8, 4) is 11.5 Å². The van der Waals surface area contributed by atoms with Crippen LogP contribution in [-0.2, 0) is 9.59 Å². The number of carbonyl (C=O) groups excluding carboxylic acids is 2. The van der Waals surface area contributed by atoms with Crippen LogP contribution in [0.2, 0.25) is 0 Å². The van der Waals surface area contributed by atoms with Crippen molar-refractivity contribution in [1.29, 1.82) is 0 Å². The number of hydrogen-bond acceptors (Lipinski definition) is 7. The maximum Gasteiger partial charge on any atom is 0.255 e. The van der Waals surface area contributed by atoms with Crippen LogP contribution in [0, 0.1) is 5.92 Å². The Balaban J connectivity index is 1.43. The number of amides is 2. The van der Waals surface area contributed by atoms with Crippen molar-refractivity contribution in [3.05, 3.63) is 66.5 Å². The lowest BCUT2D eigenvalue weighted by molar-refractivity contribution is -0.117. The Morgan fingerprint density at radius 3 is 2.76 bits per heavy atom. The molecule has 0 atom stereocenters. The van der Waals surface area contributed by atoms with E-state index in [1.165, 1.54) is 5.01 Å². The van der Waals surface area contributed by atoms with Gasteiger partial charge in [0.15, 0.2) is 5.65 Å². The molecule has 1 aliphatic rings. The van der Waals surface area contributed by atoms with Gasteiger partial charge in [0.2, 0.25) is 11.9 Å². The van der Waals surface area contributed by atoms with Crippen LogP contribution in [0.1, 0.15) is 26.2 Å². The second-order valence-corrected chi connectivity index (χ2v) is 8.10. The fourth-order valence-electron chi connectivity index (χ4n) is 3.29. The van der Waals surface area contributed by atoms with Gasteiger partial charge in [-0.1, -0.05) is 19.6 Å². The van der Waals surface area contributed by atoms with Gasteiger partial charge in [-0.2, -0.15) is 4.98 Å². The lowest BCUT2D eigenvalue weighted by atomic mass is 10.1. The number of nitrogens with one attached hydrogen (secondary N) is 2. The van der Waals surface area contributed by atoms with E-state index in [1.807, 2.05) is 6.92 Å². The van der Waals surface area contributed by atoms with Crippen molar-refractivity contribution in [2.45, 2.75) is 26.2 Å². The third kappa shape index (κ3) is 5.59. The predicted octanol–water partition coefficient (Wildman–Crippen LogP) is 3.46. The van der Waals surface area contributed by atoms with Gasteiger partial charge in [0.05, 0.1) is 6.20 Å². The van der Waals surface area contributed by atoms with E-state index < -0.39 is 0 Å². The molecule has 0 unspecified atom stereocenters. The largest absolute Gasteiger partial charge is 0.456 e. The first kappa shape index (κ1) is 23.0. The maximum atomic E-state index is 12.6. The molecule has 10 heteroatoms. The van der Waals surface area contributed by atoms with E-state index in [0.29, 0.717) is 34.8 Å². The molecule has 1 fully saturated rings. The molecule has 10 nitrogen and oxygen atoms in total. The molecule has 2 amide bonds. The third-order valence-electron chi connectivity index (χ3n) is 5.22. The Morgan fingerprint density at radius 1 is 1.26 bits per heavy atom. The number of rotatable bonds is 9. The summed E-state index contributed by atoms with van der Waals surface area (Å²) in [5.74, 6) is 6.67. The van der Waals surface area contributed by atoms with Crippen LogP contribution in [0.5, 0.6) is 11.5 Å². The van der Waals surface area contributed by atoms with E-state index in [1.54, 1.807) is 60.4 Å². The van der Waals surface area contributed by atoms with Crippen LogP contribution in [0.25, 0.3) is 5.65 Å². The van der Waals surface area contributed by atoms with Crippen molar-refractivity contribution in [3.63, 3.8) is 0 Å². The van der Waals surface area contributed by atoms with Crippen LogP contribution in [-0.4, -0.2) is 38.5 Å². The molecule has 3 aromatic rings. The van der Waals surface area contributed by atoms with Crippen LogP contribution < -0.4 is 21.2 Å². The molecule has 4 rings (SSSR count). The van der Waals surface area contributed by atoms with Crippen LogP contribution in [0.3, 0.4) is 0 Å². The summed E-state index contributed by atoms with van der Waals surface area (Å²) in [6.07, 6.45) is 5.78. The van der Waals surface area contributed by atoms with Gasteiger partial charge >= 0.3 is 0 Å². The molecular weight excluding hydrogens is 434 g/mol. The molecule has 34 heavy (non-hydrogen) atoms. The van der Waals surface area contributed by atoms with E-state index in [2.05, 4.69) is 27.3 Å². The second-order valence-electron chi connectivity index (χ2n) is 8.10. The van der Waals surface area contributed by atoms with Crippen LogP contribution in [0.15, 0.2) is 66.5 Å². The minimum Gasteiger partial charge on any atom is -0.456 e. The Bertz CT molecular complexity index is 1270. The normalized spacial score (nSPS) is 13.4. The molecule has 4 N–H and O–H groups in total. The van der Waals surface area contributed by atoms with Crippen molar-refractivity contribution in [2.24, 2.45) is 11.8 Å². The monoisotopic (exact) mass is 461 g/mol. The Labute approximate surface area is 197 Å². The van der Waals surface area contributed by atoms with E-state index in [-0.39, 0.29) is 23.7 Å². The fraction of sp³-hybridized carbons (Fsp3) is 0.250. The van der Waals surface area contributed by atoms with Crippen molar-refractivity contribution in [1.82, 2.24) is 19.6 Å². The van der Waals surface area contributed by atoms with Gasteiger partial charge in [0.25, 0.3) is 5.91 Å². The smallest absolute Gasteiger partial charge is 0.255 e. The van der Waals surface area contributed by atoms with Gasteiger partial charge < -0.3 is 15.1 Å². The standard InChI is InChI=1S/C24H27N7O3/c1-4-16(13-30(3)25)15(2)22(32)26-18-6-5-7-19(12-18)34-20-10-11-21-27-24(29-31(21)14-20)28-23(33)17-8-9-17/h5-7,10-14,17H,2,4,8-9,25H2,1,3H3,(H,26,32)(H,28,29,33)/b16-13-. The summed E-state index contributed by atoms with van der Waals surface area (Å²) >= 11 is 0. The number of benzene rings is 1. The van der Waals surface area contributed by atoms with E-state index >= 15 is 0 Å². The Kier molecular flexibility index (Phi) is 6.60. The van der Waals surface area contributed by atoms with Crippen LogP contribution >= 0.6 is 0 Å². The number of hydrogen-bond donors (Lipinski definition) is 3. The van der Waals surface area contributed by atoms with Crippen LogP contribution in [0.4, 0.5) is 11.6 Å². The van der Waals surface area contributed by atoms with Gasteiger partial charge in [-0.25, -0.2) is 10.4 Å². The number of carbonyl (C=O) groups is 2. The summed E-state index contributed by atoms with van der Waals surface area (Å²) in [6, 6.07) is 10.5. The molecule has 0 saturated heterocycles. The molecule has 176 valence electrons. The zero-order chi connectivity index (χ0) is 24.2. The molecule has 1 saturated carbocycles. The molecule has 0 spiro atoms. The Morgan fingerprint density at radius 2 is 2.06 bits per heavy atom. The molecule has 1 aromatic carbocycles. The number of nitrogens with two attached hydrogens (primary N) is 1. The molecule has 0 aliphatic heterocycles. The number of pyridine rings is 1. The summed E-state index contributed by atoms with van der Waals surface area (Å²) in [5.41, 5.74) is 2.23. The minimum atomic E-state index is -0.322. The topological polar surface area (TPSA) is 127 Å². The van der Waals surface area contributed by atoms with Crippen molar-refractivity contribution in [2.75, 3.05) is 17.7 Å². The fourth-order valence-corrected chi connectivity index (χ4v) is 3.29. The zero-order valence-corrected chi connectivity index (χ0v) is 19.1. The van der Waals surface area contributed by atoms with E-state index in [0.717, 1.165) is 18.4 Å². The highest BCUT2D eigenvalue weighted by atomic mass is 16.5. The van der Waals surface area contributed by atoms with Gasteiger partial charge in [-0.15, -0.1) is 5.10 Å². The van der Waals surface area contributed by atoms with Crippen molar-refractivity contribution < 1.29 is 14.3 Å². The molecule has 2 heterocycles. The summed E-state index contributed by atoms with van der Waals surface area (Å²) in [7, 11) is 1.68. The number of anilines is 2. The first-order chi connectivity index (χ1) is 16.3. The van der Waals surface area contributed by atoms with E-state index in [9.17, 15) is 9.59 Å². The summed E-state index contributed by atoms with van der Waals surface area (Å²) in [4.78, 5) is 28.9.